The Hall–Kier alpha value is -3.45. The second-order valence-electron chi connectivity index (χ2n) is 8.58. The number of carbonyl (C=O) groups excluding carboxylic acids is 2. The van der Waals surface area contributed by atoms with Gasteiger partial charge in [-0.2, -0.15) is 0 Å². The van der Waals surface area contributed by atoms with E-state index in [1.807, 2.05) is 60.8 Å². The lowest BCUT2D eigenvalue weighted by molar-refractivity contribution is -0.135. The smallest absolute Gasteiger partial charge is 0.312 e. The van der Waals surface area contributed by atoms with Gasteiger partial charge in [-0.1, -0.05) is 36.4 Å². The number of rotatable bonds is 5. The van der Waals surface area contributed by atoms with Gasteiger partial charge in [0, 0.05) is 44.8 Å². The molecule has 0 saturated carbocycles. The summed E-state index contributed by atoms with van der Waals surface area (Å²) in [7, 11) is 1.77. The fraction of sp³-hybridized carbons (Fsp3) is 0.320. The van der Waals surface area contributed by atoms with Crippen LogP contribution >= 0.6 is 0 Å². The quantitative estimate of drug-likeness (QED) is 0.584. The molecule has 7 nitrogen and oxygen atoms in total. The molecule has 32 heavy (non-hydrogen) atoms. The first-order chi connectivity index (χ1) is 15.6. The first kappa shape index (κ1) is 20.5. The van der Waals surface area contributed by atoms with E-state index in [0.29, 0.717) is 19.4 Å². The highest BCUT2D eigenvalue weighted by molar-refractivity contribution is 6.06. The third kappa shape index (κ3) is 3.48. The molecule has 7 heteroatoms. The summed E-state index contributed by atoms with van der Waals surface area (Å²) < 4.78 is 2.10. The van der Waals surface area contributed by atoms with E-state index in [4.69, 9.17) is 0 Å². The van der Waals surface area contributed by atoms with Crippen LogP contribution in [-0.2, 0) is 17.9 Å². The fourth-order valence-corrected chi connectivity index (χ4v) is 4.88. The van der Waals surface area contributed by atoms with Crippen LogP contribution in [0, 0.1) is 0 Å². The molecule has 1 spiro atoms. The minimum Gasteiger partial charge on any atom is -0.312 e. The van der Waals surface area contributed by atoms with Crippen molar-refractivity contribution >= 4 is 11.9 Å². The molecule has 1 aromatic carbocycles. The molecular formula is C25H27N5O2. The second-order valence-corrected chi connectivity index (χ2v) is 8.58. The SMILES string of the molecule is CN1C(=O)N(Cc2ccccc2)C(=O)C12CCN(Cc1cccn1-c1ccccn1)CC2. The molecule has 5 rings (SSSR count). The Bertz CT molecular complexity index is 1100. The molecule has 2 fully saturated rings. The summed E-state index contributed by atoms with van der Waals surface area (Å²) in [5, 5.41) is 0. The lowest BCUT2D eigenvalue weighted by Gasteiger charge is -2.40. The highest BCUT2D eigenvalue weighted by Crippen LogP contribution is 2.37. The van der Waals surface area contributed by atoms with E-state index < -0.39 is 5.54 Å². The zero-order valence-corrected chi connectivity index (χ0v) is 18.2. The lowest BCUT2D eigenvalue weighted by Crippen LogP contribution is -2.55. The van der Waals surface area contributed by atoms with Gasteiger partial charge in [-0.3, -0.25) is 14.6 Å². The summed E-state index contributed by atoms with van der Waals surface area (Å²) in [6.07, 6.45) is 5.11. The largest absolute Gasteiger partial charge is 0.327 e. The molecule has 0 atom stereocenters. The first-order valence-corrected chi connectivity index (χ1v) is 11.0. The molecule has 4 heterocycles. The Morgan fingerprint density at radius 3 is 2.38 bits per heavy atom. The molecule has 3 amide bonds. The summed E-state index contributed by atoms with van der Waals surface area (Å²) in [6.45, 7) is 2.62. The number of amides is 3. The van der Waals surface area contributed by atoms with Gasteiger partial charge in [0.1, 0.15) is 11.4 Å². The maximum Gasteiger partial charge on any atom is 0.327 e. The van der Waals surface area contributed by atoms with E-state index in [2.05, 4.69) is 20.5 Å². The van der Waals surface area contributed by atoms with Crippen LogP contribution in [-0.4, -0.2) is 61.9 Å². The number of carbonyl (C=O) groups is 2. The van der Waals surface area contributed by atoms with E-state index in [1.165, 1.54) is 4.90 Å². The third-order valence-corrected chi connectivity index (χ3v) is 6.78. The number of urea groups is 1. The number of nitrogens with zero attached hydrogens (tertiary/aromatic N) is 5. The van der Waals surface area contributed by atoms with Crippen molar-refractivity contribution in [2.24, 2.45) is 0 Å². The second kappa shape index (κ2) is 8.24. The maximum absolute atomic E-state index is 13.4. The lowest BCUT2D eigenvalue weighted by atomic mass is 9.86. The van der Waals surface area contributed by atoms with Gasteiger partial charge < -0.3 is 9.47 Å². The Labute approximate surface area is 187 Å². The zero-order chi connectivity index (χ0) is 22.1. The number of aromatic nitrogens is 2. The number of hydrogen-bond donors (Lipinski definition) is 0. The summed E-state index contributed by atoms with van der Waals surface area (Å²) >= 11 is 0. The van der Waals surface area contributed by atoms with E-state index >= 15 is 0 Å². The first-order valence-electron chi connectivity index (χ1n) is 11.0. The van der Waals surface area contributed by atoms with Gasteiger partial charge in [0.05, 0.1) is 6.54 Å². The van der Waals surface area contributed by atoms with Gasteiger partial charge in [-0.05, 0) is 42.7 Å². The van der Waals surface area contributed by atoms with Crippen molar-refractivity contribution in [2.75, 3.05) is 20.1 Å². The van der Waals surface area contributed by atoms with Crippen LogP contribution in [0.2, 0.25) is 0 Å². The van der Waals surface area contributed by atoms with Crippen molar-refractivity contribution in [3.63, 3.8) is 0 Å². The normalized spacial score (nSPS) is 18.7. The fourth-order valence-electron chi connectivity index (χ4n) is 4.88. The number of likely N-dealkylation sites (N-methyl/N-ethyl adjacent to an activating group) is 1. The molecule has 0 unspecified atom stereocenters. The Morgan fingerprint density at radius 1 is 0.906 bits per heavy atom. The summed E-state index contributed by atoms with van der Waals surface area (Å²) in [4.78, 5) is 36.2. The molecule has 3 aromatic rings. The highest BCUT2D eigenvalue weighted by Gasteiger charge is 2.56. The third-order valence-electron chi connectivity index (χ3n) is 6.78. The topological polar surface area (TPSA) is 61.7 Å². The summed E-state index contributed by atoms with van der Waals surface area (Å²) in [5.41, 5.74) is 1.39. The monoisotopic (exact) mass is 429 g/mol. The van der Waals surface area contributed by atoms with E-state index in [1.54, 1.807) is 18.1 Å². The number of benzene rings is 1. The van der Waals surface area contributed by atoms with Crippen LogP contribution in [0.4, 0.5) is 4.79 Å². The van der Waals surface area contributed by atoms with Crippen molar-refractivity contribution < 1.29 is 9.59 Å². The minimum atomic E-state index is -0.731. The zero-order valence-electron chi connectivity index (χ0n) is 18.2. The van der Waals surface area contributed by atoms with Crippen LogP contribution in [0.15, 0.2) is 73.1 Å². The molecule has 2 aliphatic rings. The van der Waals surface area contributed by atoms with Gasteiger partial charge in [-0.25, -0.2) is 9.78 Å². The van der Waals surface area contributed by atoms with Crippen LogP contribution < -0.4 is 0 Å². The molecule has 0 aliphatic carbocycles. The molecule has 2 saturated heterocycles. The Balaban J connectivity index is 1.28. The maximum atomic E-state index is 13.4. The average Bonchev–Trinajstić information content (AvgIpc) is 3.36. The number of imide groups is 1. The van der Waals surface area contributed by atoms with Crippen molar-refractivity contribution in [3.05, 3.63) is 84.3 Å². The highest BCUT2D eigenvalue weighted by atomic mass is 16.2. The predicted octanol–water partition coefficient (Wildman–Crippen LogP) is 3.30. The Morgan fingerprint density at radius 2 is 1.66 bits per heavy atom. The van der Waals surface area contributed by atoms with Crippen LogP contribution in [0.1, 0.15) is 24.1 Å². The summed E-state index contributed by atoms with van der Waals surface area (Å²) in [5.74, 6) is 0.833. The van der Waals surface area contributed by atoms with Crippen LogP contribution in [0.5, 0.6) is 0 Å². The van der Waals surface area contributed by atoms with Crippen molar-refractivity contribution in [1.82, 2.24) is 24.3 Å². The molecule has 0 bridgehead atoms. The molecule has 2 aromatic heterocycles. The summed E-state index contributed by atoms with van der Waals surface area (Å²) in [6, 6.07) is 19.5. The number of piperidine rings is 1. The van der Waals surface area contributed by atoms with Gasteiger partial charge in [0.15, 0.2) is 0 Å². The molecule has 0 radical (unpaired) electrons. The predicted molar refractivity (Wildman–Crippen MR) is 121 cm³/mol. The number of likely N-dealkylation sites (tertiary alicyclic amines) is 1. The Kier molecular flexibility index (Phi) is 5.27. The van der Waals surface area contributed by atoms with E-state index in [0.717, 1.165) is 36.7 Å². The number of hydrogen-bond acceptors (Lipinski definition) is 4. The van der Waals surface area contributed by atoms with Crippen LogP contribution in [0.25, 0.3) is 5.82 Å². The van der Waals surface area contributed by atoms with Gasteiger partial charge in [0.25, 0.3) is 5.91 Å². The molecule has 164 valence electrons. The van der Waals surface area contributed by atoms with E-state index in [9.17, 15) is 9.59 Å². The van der Waals surface area contributed by atoms with Crippen molar-refractivity contribution in [3.8, 4) is 5.82 Å². The van der Waals surface area contributed by atoms with Crippen molar-refractivity contribution in [1.29, 1.82) is 0 Å². The minimum absolute atomic E-state index is 0.0645. The van der Waals surface area contributed by atoms with E-state index in [-0.39, 0.29) is 11.9 Å². The number of pyridine rings is 1. The van der Waals surface area contributed by atoms with Crippen molar-refractivity contribution in [2.45, 2.75) is 31.5 Å². The molecule has 0 N–H and O–H groups in total. The molecular weight excluding hydrogens is 402 g/mol. The van der Waals surface area contributed by atoms with Gasteiger partial charge in [0.2, 0.25) is 0 Å². The standard InChI is InChI=1S/C25H27N5O2/c1-27-24(32)30(18-20-8-3-2-4-9-20)23(31)25(27)12-16-28(17-13-25)19-21-10-7-15-29(21)22-11-5-6-14-26-22/h2-11,14-15H,12-13,16-19H2,1H3. The molecule has 2 aliphatic heterocycles. The van der Waals surface area contributed by atoms with Crippen LogP contribution in [0.3, 0.4) is 0 Å². The average molecular weight is 430 g/mol. The van der Waals surface area contributed by atoms with Gasteiger partial charge in [-0.15, -0.1) is 0 Å². The van der Waals surface area contributed by atoms with Gasteiger partial charge >= 0.3 is 6.03 Å².